The summed E-state index contributed by atoms with van der Waals surface area (Å²) >= 11 is 0. The van der Waals surface area contributed by atoms with E-state index in [1.807, 2.05) is 12.1 Å². The fourth-order valence-corrected chi connectivity index (χ4v) is 3.28. The first-order chi connectivity index (χ1) is 9.75. The van der Waals surface area contributed by atoms with E-state index in [9.17, 15) is 9.90 Å². The van der Waals surface area contributed by atoms with Gasteiger partial charge in [-0.1, -0.05) is 0 Å². The van der Waals surface area contributed by atoms with Gasteiger partial charge in [0, 0.05) is 31.9 Å². The molecule has 0 atom stereocenters. The molecule has 0 unspecified atom stereocenters. The number of piperidine rings is 1. The molecule has 0 spiro atoms. The number of aromatic carboxylic acids is 1. The van der Waals surface area contributed by atoms with E-state index < -0.39 is 5.97 Å². The highest BCUT2D eigenvalue weighted by Crippen LogP contribution is 2.30. The summed E-state index contributed by atoms with van der Waals surface area (Å²) in [5, 5.41) is 9.52. The van der Waals surface area contributed by atoms with E-state index in [0.29, 0.717) is 5.56 Å². The smallest absolute Gasteiger partial charge is 0.337 e. The lowest BCUT2D eigenvalue weighted by atomic mass is 10.1. The van der Waals surface area contributed by atoms with Gasteiger partial charge in [0.05, 0.1) is 11.3 Å². The number of hydrogen-bond donors (Lipinski definition) is 1. The fraction of sp³-hybridized carbons (Fsp3) is 0.562. The molecule has 1 N–H and O–H groups in total. The first kappa shape index (κ1) is 13.3. The van der Waals surface area contributed by atoms with Crippen LogP contribution in [0.5, 0.6) is 0 Å². The molecule has 2 aliphatic heterocycles. The number of hydrogen-bond acceptors (Lipinski definition) is 3. The summed E-state index contributed by atoms with van der Waals surface area (Å²) in [7, 11) is 0. The lowest BCUT2D eigenvalue weighted by Crippen LogP contribution is -2.31. The first-order valence-electron chi connectivity index (χ1n) is 7.63. The second-order valence-electron chi connectivity index (χ2n) is 5.75. The van der Waals surface area contributed by atoms with E-state index >= 15 is 0 Å². The lowest BCUT2D eigenvalue weighted by Gasteiger charge is -2.30. The predicted molar refractivity (Wildman–Crippen MR) is 80.9 cm³/mol. The van der Waals surface area contributed by atoms with Crippen LogP contribution in [0.15, 0.2) is 18.2 Å². The van der Waals surface area contributed by atoms with Gasteiger partial charge in [-0.2, -0.15) is 0 Å². The molecule has 0 radical (unpaired) electrons. The Kier molecular flexibility index (Phi) is 3.81. The number of carboxylic acid groups (broad SMARTS) is 1. The van der Waals surface area contributed by atoms with Crippen LogP contribution >= 0.6 is 0 Å². The van der Waals surface area contributed by atoms with Crippen molar-refractivity contribution in [3.63, 3.8) is 0 Å². The number of carboxylic acids is 1. The summed E-state index contributed by atoms with van der Waals surface area (Å²) in [6.07, 6.45) is 5.98. The van der Waals surface area contributed by atoms with Gasteiger partial charge in [-0.05, 0) is 50.3 Å². The highest BCUT2D eigenvalue weighted by Gasteiger charge is 2.20. The van der Waals surface area contributed by atoms with Gasteiger partial charge in [-0.3, -0.25) is 0 Å². The summed E-state index contributed by atoms with van der Waals surface area (Å²) in [4.78, 5) is 16.1. The van der Waals surface area contributed by atoms with Gasteiger partial charge < -0.3 is 14.9 Å². The molecule has 0 amide bonds. The van der Waals surface area contributed by atoms with Crippen molar-refractivity contribution in [1.82, 2.24) is 0 Å². The molecule has 4 heteroatoms. The Balaban J connectivity index is 1.91. The maximum atomic E-state index is 11.6. The van der Waals surface area contributed by atoms with Gasteiger partial charge >= 0.3 is 5.97 Å². The number of carbonyl (C=O) groups is 1. The van der Waals surface area contributed by atoms with Crippen molar-refractivity contribution in [3.8, 4) is 0 Å². The molecule has 2 aliphatic rings. The summed E-state index contributed by atoms with van der Waals surface area (Å²) in [6.45, 7) is 4.04. The van der Waals surface area contributed by atoms with E-state index in [2.05, 4.69) is 15.9 Å². The third-order valence-corrected chi connectivity index (χ3v) is 4.38. The Labute approximate surface area is 120 Å². The molecule has 0 aromatic heterocycles. The molecular formula is C16H22N2O2. The lowest BCUT2D eigenvalue weighted by molar-refractivity contribution is 0.0697. The highest BCUT2D eigenvalue weighted by atomic mass is 16.4. The van der Waals surface area contributed by atoms with Crippen molar-refractivity contribution in [2.75, 3.05) is 36.0 Å². The predicted octanol–water partition coefficient (Wildman–Crippen LogP) is 2.98. The van der Waals surface area contributed by atoms with Crippen molar-refractivity contribution in [1.29, 1.82) is 0 Å². The first-order valence-corrected chi connectivity index (χ1v) is 7.63. The molecule has 0 aliphatic carbocycles. The molecule has 0 bridgehead atoms. The summed E-state index contributed by atoms with van der Waals surface area (Å²) < 4.78 is 0. The van der Waals surface area contributed by atoms with Crippen molar-refractivity contribution in [2.45, 2.75) is 32.1 Å². The van der Waals surface area contributed by atoms with Crippen molar-refractivity contribution < 1.29 is 9.90 Å². The Bertz CT molecular complexity index is 489. The third kappa shape index (κ3) is 2.60. The molecule has 3 rings (SSSR count). The van der Waals surface area contributed by atoms with Gasteiger partial charge in [-0.15, -0.1) is 0 Å². The number of nitrogens with zero attached hydrogens (tertiary/aromatic N) is 2. The zero-order chi connectivity index (χ0) is 13.9. The standard InChI is InChI=1S/C16H22N2O2/c19-16(20)14-12-13(17-8-4-5-9-17)6-7-15(14)18-10-2-1-3-11-18/h6-7,12H,1-5,8-11H2,(H,19,20). The Hall–Kier alpha value is -1.71. The summed E-state index contributed by atoms with van der Waals surface area (Å²) in [5.41, 5.74) is 2.40. The van der Waals surface area contributed by atoms with E-state index in [0.717, 1.165) is 50.4 Å². The van der Waals surface area contributed by atoms with Crippen LogP contribution in [0, 0.1) is 0 Å². The second-order valence-corrected chi connectivity index (χ2v) is 5.75. The largest absolute Gasteiger partial charge is 0.478 e. The van der Waals surface area contributed by atoms with E-state index in [1.165, 1.54) is 19.3 Å². The van der Waals surface area contributed by atoms with Crippen LogP contribution in [-0.4, -0.2) is 37.3 Å². The SMILES string of the molecule is O=C(O)c1cc(N2CCCC2)ccc1N1CCCCC1. The van der Waals surface area contributed by atoms with E-state index in [1.54, 1.807) is 0 Å². The second kappa shape index (κ2) is 5.73. The quantitative estimate of drug-likeness (QED) is 0.920. The molecule has 4 nitrogen and oxygen atoms in total. The fourth-order valence-electron chi connectivity index (χ4n) is 3.28. The van der Waals surface area contributed by atoms with E-state index in [4.69, 9.17) is 0 Å². The van der Waals surface area contributed by atoms with Gasteiger partial charge in [0.15, 0.2) is 0 Å². The Morgan fingerprint density at radius 1 is 0.900 bits per heavy atom. The maximum Gasteiger partial charge on any atom is 0.337 e. The molecule has 1 aromatic carbocycles. The van der Waals surface area contributed by atoms with E-state index in [-0.39, 0.29) is 0 Å². The maximum absolute atomic E-state index is 11.6. The molecule has 0 saturated carbocycles. The third-order valence-electron chi connectivity index (χ3n) is 4.38. The normalized spacial score (nSPS) is 19.4. The molecule has 20 heavy (non-hydrogen) atoms. The zero-order valence-corrected chi connectivity index (χ0v) is 11.8. The van der Waals surface area contributed by atoms with Crippen LogP contribution in [0.4, 0.5) is 11.4 Å². The van der Waals surface area contributed by atoms with Crippen LogP contribution in [0.1, 0.15) is 42.5 Å². The average Bonchev–Trinajstić information content (AvgIpc) is 3.02. The molecular weight excluding hydrogens is 252 g/mol. The monoisotopic (exact) mass is 274 g/mol. The van der Waals surface area contributed by atoms with Crippen LogP contribution in [-0.2, 0) is 0 Å². The van der Waals surface area contributed by atoms with Crippen LogP contribution in [0.2, 0.25) is 0 Å². The van der Waals surface area contributed by atoms with Gasteiger partial charge in [0.2, 0.25) is 0 Å². The topological polar surface area (TPSA) is 43.8 Å². The van der Waals surface area contributed by atoms with Gasteiger partial charge in [0.1, 0.15) is 0 Å². The minimum Gasteiger partial charge on any atom is -0.478 e. The number of anilines is 2. The minimum absolute atomic E-state index is 0.455. The molecule has 2 saturated heterocycles. The van der Waals surface area contributed by atoms with Crippen molar-refractivity contribution >= 4 is 17.3 Å². The van der Waals surface area contributed by atoms with Crippen LogP contribution in [0.3, 0.4) is 0 Å². The Morgan fingerprint density at radius 3 is 2.15 bits per heavy atom. The van der Waals surface area contributed by atoms with Gasteiger partial charge in [0.25, 0.3) is 0 Å². The molecule has 108 valence electrons. The molecule has 2 fully saturated rings. The summed E-state index contributed by atoms with van der Waals surface area (Å²) in [6, 6.07) is 5.95. The minimum atomic E-state index is -0.813. The number of benzene rings is 1. The summed E-state index contributed by atoms with van der Waals surface area (Å²) in [5.74, 6) is -0.813. The zero-order valence-electron chi connectivity index (χ0n) is 11.8. The Morgan fingerprint density at radius 2 is 1.50 bits per heavy atom. The van der Waals surface area contributed by atoms with Crippen molar-refractivity contribution in [3.05, 3.63) is 23.8 Å². The highest BCUT2D eigenvalue weighted by molar-refractivity contribution is 5.95. The van der Waals surface area contributed by atoms with Gasteiger partial charge in [-0.25, -0.2) is 4.79 Å². The molecule has 2 heterocycles. The van der Waals surface area contributed by atoms with Crippen molar-refractivity contribution in [2.24, 2.45) is 0 Å². The molecule has 1 aromatic rings. The van der Waals surface area contributed by atoms with Crippen LogP contribution in [0.25, 0.3) is 0 Å². The average molecular weight is 274 g/mol. The van der Waals surface area contributed by atoms with Crippen LogP contribution < -0.4 is 9.80 Å². The number of rotatable bonds is 3.